The summed E-state index contributed by atoms with van der Waals surface area (Å²) < 4.78 is 19.5. The van der Waals surface area contributed by atoms with Crippen LogP contribution in [-0.4, -0.2) is 48.8 Å². The van der Waals surface area contributed by atoms with E-state index in [9.17, 15) is 4.39 Å². The fourth-order valence-corrected chi connectivity index (χ4v) is 5.42. The molecule has 3 aliphatic rings. The molecule has 160 valence electrons. The van der Waals surface area contributed by atoms with Crippen LogP contribution in [0.1, 0.15) is 24.1 Å². The van der Waals surface area contributed by atoms with Gasteiger partial charge in [-0.25, -0.2) is 4.39 Å². The van der Waals surface area contributed by atoms with Crippen LogP contribution in [0.4, 0.5) is 15.9 Å². The second kappa shape index (κ2) is 7.34. The third kappa shape index (κ3) is 3.28. The van der Waals surface area contributed by atoms with Crippen LogP contribution in [0.2, 0.25) is 0 Å². The van der Waals surface area contributed by atoms with Crippen molar-refractivity contribution in [3.63, 3.8) is 0 Å². The predicted molar refractivity (Wildman–Crippen MR) is 119 cm³/mol. The Bertz CT molecular complexity index is 1140. The summed E-state index contributed by atoms with van der Waals surface area (Å²) >= 11 is 0. The van der Waals surface area contributed by atoms with Crippen LogP contribution in [0.5, 0.6) is 6.01 Å². The molecule has 0 spiro atoms. The maximum atomic E-state index is 14.0. The molecule has 2 aromatic carbocycles. The number of halogens is 1. The third-order valence-corrected chi connectivity index (χ3v) is 6.88. The van der Waals surface area contributed by atoms with Gasteiger partial charge >= 0.3 is 6.01 Å². The molecule has 6 rings (SSSR count). The summed E-state index contributed by atoms with van der Waals surface area (Å²) in [5.74, 6) is 0.820. The normalized spacial score (nSPS) is 22.6. The van der Waals surface area contributed by atoms with Crippen molar-refractivity contribution < 1.29 is 9.13 Å². The van der Waals surface area contributed by atoms with E-state index in [1.807, 2.05) is 18.2 Å². The molecule has 2 unspecified atom stereocenters. The first-order chi connectivity index (χ1) is 15.2. The van der Waals surface area contributed by atoms with Crippen molar-refractivity contribution in [2.45, 2.75) is 37.9 Å². The summed E-state index contributed by atoms with van der Waals surface area (Å²) in [6.45, 7) is 3.48. The number of ether oxygens (including phenoxy) is 1. The van der Waals surface area contributed by atoms with E-state index in [0.29, 0.717) is 24.6 Å². The van der Waals surface area contributed by atoms with Gasteiger partial charge in [0.05, 0.1) is 19.3 Å². The standard InChI is InChI=1S/C24H26FN5O/c1-31-24-27-21-14-29(22-4-2-3-15-5-6-16(25)11-20(15)22)10-9-19(21)23(28-24)30-12-17-7-8-18(13-30)26-17/h2-6,11,17-18,26H,7-10,12-14H2,1H3. The van der Waals surface area contributed by atoms with Crippen molar-refractivity contribution in [1.29, 1.82) is 0 Å². The Hall–Kier alpha value is -2.93. The highest BCUT2D eigenvalue weighted by atomic mass is 19.1. The Morgan fingerprint density at radius 1 is 1.06 bits per heavy atom. The van der Waals surface area contributed by atoms with Crippen molar-refractivity contribution >= 4 is 22.3 Å². The lowest BCUT2D eigenvalue weighted by Crippen LogP contribution is -2.52. The maximum absolute atomic E-state index is 14.0. The molecular weight excluding hydrogens is 393 g/mol. The highest BCUT2D eigenvalue weighted by Crippen LogP contribution is 2.35. The lowest BCUT2D eigenvalue weighted by Gasteiger charge is -2.37. The summed E-state index contributed by atoms with van der Waals surface area (Å²) in [4.78, 5) is 14.2. The molecule has 0 saturated carbocycles. The molecule has 2 bridgehead atoms. The maximum Gasteiger partial charge on any atom is 0.318 e. The van der Waals surface area contributed by atoms with E-state index in [1.165, 1.54) is 24.5 Å². The van der Waals surface area contributed by atoms with Crippen molar-refractivity contribution in [2.75, 3.05) is 36.5 Å². The van der Waals surface area contributed by atoms with E-state index in [1.54, 1.807) is 13.2 Å². The topological polar surface area (TPSA) is 53.5 Å². The van der Waals surface area contributed by atoms with Gasteiger partial charge in [-0.05, 0) is 42.8 Å². The van der Waals surface area contributed by atoms with E-state index in [4.69, 9.17) is 14.7 Å². The van der Waals surface area contributed by atoms with Gasteiger partial charge in [0.15, 0.2) is 0 Å². The molecule has 2 atom stereocenters. The summed E-state index contributed by atoms with van der Waals surface area (Å²) in [5, 5.41) is 5.67. The molecule has 3 aliphatic heterocycles. The molecule has 2 fully saturated rings. The van der Waals surface area contributed by atoms with E-state index < -0.39 is 0 Å². The lowest BCUT2D eigenvalue weighted by atomic mass is 10.0. The van der Waals surface area contributed by atoms with Crippen LogP contribution in [0.15, 0.2) is 36.4 Å². The van der Waals surface area contributed by atoms with Crippen LogP contribution < -0.4 is 19.9 Å². The first-order valence-corrected chi connectivity index (χ1v) is 11.1. The number of rotatable bonds is 3. The van der Waals surface area contributed by atoms with Crippen LogP contribution in [-0.2, 0) is 13.0 Å². The van der Waals surface area contributed by atoms with Gasteiger partial charge in [-0.1, -0.05) is 18.2 Å². The number of nitrogens with zero attached hydrogens (tertiary/aromatic N) is 4. The molecular formula is C24H26FN5O. The van der Waals surface area contributed by atoms with E-state index in [2.05, 4.69) is 21.2 Å². The number of hydrogen-bond donors (Lipinski definition) is 1. The molecule has 31 heavy (non-hydrogen) atoms. The molecule has 4 heterocycles. The van der Waals surface area contributed by atoms with Gasteiger partial charge in [0, 0.05) is 48.4 Å². The van der Waals surface area contributed by atoms with Gasteiger partial charge in [-0.15, -0.1) is 0 Å². The first kappa shape index (κ1) is 18.8. The van der Waals surface area contributed by atoms with Crippen molar-refractivity contribution in [2.24, 2.45) is 0 Å². The Labute approximate surface area is 181 Å². The minimum atomic E-state index is -0.211. The molecule has 7 heteroatoms. The molecule has 1 N–H and O–H groups in total. The second-order valence-electron chi connectivity index (χ2n) is 8.82. The lowest BCUT2D eigenvalue weighted by molar-refractivity contribution is 0.374. The fourth-order valence-electron chi connectivity index (χ4n) is 5.42. The van der Waals surface area contributed by atoms with Crippen molar-refractivity contribution in [3.05, 3.63) is 53.5 Å². The Morgan fingerprint density at radius 3 is 2.71 bits per heavy atom. The number of methoxy groups -OCH3 is 1. The fraction of sp³-hybridized carbons (Fsp3) is 0.417. The van der Waals surface area contributed by atoms with Crippen LogP contribution >= 0.6 is 0 Å². The SMILES string of the molecule is COc1nc2c(c(N3CC4CCC(C3)N4)n1)CCN(c1cccc3ccc(F)cc13)C2. The summed E-state index contributed by atoms with van der Waals surface area (Å²) in [6.07, 6.45) is 3.33. The molecule has 0 amide bonds. The molecule has 0 radical (unpaired) electrons. The number of aromatic nitrogens is 2. The number of hydrogen-bond acceptors (Lipinski definition) is 6. The summed E-state index contributed by atoms with van der Waals surface area (Å²) in [6, 6.07) is 12.6. The average Bonchev–Trinajstić information content (AvgIpc) is 3.14. The second-order valence-corrected chi connectivity index (χ2v) is 8.82. The number of benzene rings is 2. The van der Waals surface area contributed by atoms with Gasteiger partial charge in [0.1, 0.15) is 11.6 Å². The number of nitrogens with one attached hydrogen (secondary N) is 1. The Morgan fingerprint density at radius 2 is 1.90 bits per heavy atom. The minimum Gasteiger partial charge on any atom is -0.467 e. The number of anilines is 2. The predicted octanol–water partition coefficient (Wildman–Crippen LogP) is 3.28. The number of piperazine rings is 1. The first-order valence-electron chi connectivity index (χ1n) is 11.1. The molecule has 3 aromatic rings. The Kier molecular flexibility index (Phi) is 4.45. The monoisotopic (exact) mass is 419 g/mol. The molecule has 6 nitrogen and oxygen atoms in total. The molecule has 2 saturated heterocycles. The largest absolute Gasteiger partial charge is 0.467 e. The zero-order chi connectivity index (χ0) is 20.9. The van der Waals surface area contributed by atoms with Gasteiger partial charge < -0.3 is 19.9 Å². The Balaban J connectivity index is 1.37. The van der Waals surface area contributed by atoms with Gasteiger partial charge in [0.25, 0.3) is 0 Å². The number of fused-ring (bicyclic) bond motifs is 4. The zero-order valence-corrected chi connectivity index (χ0v) is 17.6. The van der Waals surface area contributed by atoms with Crippen LogP contribution in [0, 0.1) is 5.82 Å². The molecule has 0 aliphatic carbocycles. The van der Waals surface area contributed by atoms with Gasteiger partial charge in [-0.3, -0.25) is 0 Å². The van der Waals surface area contributed by atoms with E-state index in [0.717, 1.165) is 54.0 Å². The highest BCUT2D eigenvalue weighted by Gasteiger charge is 2.35. The third-order valence-electron chi connectivity index (χ3n) is 6.88. The quantitative estimate of drug-likeness (QED) is 0.703. The smallest absolute Gasteiger partial charge is 0.318 e. The summed E-state index contributed by atoms with van der Waals surface area (Å²) in [7, 11) is 1.63. The molecule has 1 aromatic heterocycles. The minimum absolute atomic E-state index is 0.211. The average molecular weight is 420 g/mol. The summed E-state index contributed by atoms with van der Waals surface area (Å²) in [5.41, 5.74) is 3.28. The van der Waals surface area contributed by atoms with E-state index in [-0.39, 0.29) is 5.82 Å². The van der Waals surface area contributed by atoms with Crippen LogP contribution in [0.25, 0.3) is 10.8 Å². The van der Waals surface area contributed by atoms with Crippen LogP contribution in [0.3, 0.4) is 0 Å². The van der Waals surface area contributed by atoms with Gasteiger partial charge in [-0.2, -0.15) is 9.97 Å². The van der Waals surface area contributed by atoms with Gasteiger partial charge in [0.2, 0.25) is 0 Å². The highest BCUT2D eigenvalue weighted by molar-refractivity contribution is 5.94. The van der Waals surface area contributed by atoms with Crippen molar-refractivity contribution in [1.82, 2.24) is 15.3 Å². The zero-order valence-electron chi connectivity index (χ0n) is 17.6. The van der Waals surface area contributed by atoms with E-state index >= 15 is 0 Å². The van der Waals surface area contributed by atoms with Crippen molar-refractivity contribution in [3.8, 4) is 6.01 Å².